The maximum absolute atomic E-state index is 12.4. The highest BCUT2D eigenvalue weighted by Crippen LogP contribution is 2.36. The van der Waals surface area contributed by atoms with Gasteiger partial charge in [-0.3, -0.25) is 9.59 Å². The van der Waals surface area contributed by atoms with Gasteiger partial charge in [-0.25, -0.2) is 0 Å². The first-order valence-electron chi connectivity index (χ1n) is 9.65. The highest BCUT2D eigenvalue weighted by Gasteiger charge is 2.21. The van der Waals surface area contributed by atoms with Gasteiger partial charge in [0.25, 0.3) is 5.91 Å². The van der Waals surface area contributed by atoms with Crippen molar-refractivity contribution in [2.45, 2.75) is 6.42 Å². The third-order valence-corrected chi connectivity index (χ3v) is 4.62. The highest BCUT2D eigenvalue weighted by molar-refractivity contribution is 5.87. The Morgan fingerprint density at radius 1 is 0.903 bits per heavy atom. The molecule has 3 rings (SSSR count). The fraction of sp³-hybridized carbons (Fsp3) is 0.227. The molecule has 0 unspecified atom stereocenters. The number of ether oxygens (including phenoxy) is 2. The number of amides is 2. The number of quaternary nitrogens is 1. The fourth-order valence-electron chi connectivity index (χ4n) is 2.98. The molecule has 0 aliphatic carbocycles. The van der Waals surface area contributed by atoms with Crippen molar-refractivity contribution in [3.05, 3.63) is 54.3 Å². The van der Waals surface area contributed by atoms with Crippen molar-refractivity contribution < 1.29 is 29.3 Å². The summed E-state index contributed by atoms with van der Waals surface area (Å²) in [5, 5.41) is 9.41. The van der Waals surface area contributed by atoms with Crippen molar-refractivity contribution in [1.82, 2.24) is 15.8 Å². The molecule has 0 aliphatic rings. The van der Waals surface area contributed by atoms with E-state index >= 15 is 0 Å². The number of rotatable bonds is 9. The molecule has 0 aliphatic heterocycles. The molecular weight excluding hydrogens is 400 g/mol. The van der Waals surface area contributed by atoms with Crippen molar-refractivity contribution in [3.63, 3.8) is 0 Å². The molecule has 0 bridgehead atoms. The SMILES string of the molecule is COc1ccc(-c2noc(CC(=O)NCNC(=O)C[NH3+])c2-c2ccc(OC)cc2)cc1. The van der Waals surface area contributed by atoms with Crippen LogP contribution in [0.2, 0.25) is 0 Å². The Morgan fingerprint density at radius 3 is 2.00 bits per heavy atom. The number of carbonyl (C=O) groups excluding carboxylic acids is 2. The van der Waals surface area contributed by atoms with Crippen LogP contribution in [0.1, 0.15) is 5.76 Å². The van der Waals surface area contributed by atoms with Gasteiger partial charge in [0.2, 0.25) is 5.91 Å². The molecule has 0 atom stereocenters. The smallest absolute Gasteiger partial charge is 0.276 e. The predicted molar refractivity (Wildman–Crippen MR) is 113 cm³/mol. The van der Waals surface area contributed by atoms with Crippen LogP contribution in [-0.2, 0) is 16.0 Å². The van der Waals surface area contributed by atoms with Gasteiger partial charge in [0.1, 0.15) is 17.2 Å². The molecule has 31 heavy (non-hydrogen) atoms. The third-order valence-electron chi connectivity index (χ3n) is 4.62. The zero-order valence-electron chi connectivity index (χ0n) is 17.4. The quantitative estimate of drug-likeness (QED) is 0.439. The van der Waals surface area contributed by atoms with Gasteiger partial charge < -0.3 is 30.4 Å². The second-order valence-corrected chi connectivity index (χ2v) is 6.59. The van der Waals surface area contributed by atoms with Gasteiger partial charge >= 0.3 is 0 Å². The van der Waals surface area contributed by atoms with Gasteiger partial charge in [-0.2, -0.15) is 0 Å². The lowest BCUT2D eigenvalue weighted by Gasteiger charge is -2.08. The second kappa shape index (κ2) is 10.3. The fourth-order valence-corrected chi connectivity index (χ4v) is 2.98. The number of hydrogen-bond acceptors (Lipinski definition) is 6. The number of nitrogens with one attached hydrogen (secondary N) is 2. The van der Waals surface area contributed by atoms with E-state index in [4.69, 9.17) is 14.0 Å². The summed E-state index contributed by atoms with van der Waals surface area (Å²) in [5.41, 5.74) is 6.47. The maximum atomic E-state index is 12.4. The Kier molecular flexibility index (Phi) is 7.23. The minimum absolute atomic E-state index is 0.0184. The van der Waals surface area contributed by atoms with E-state index in [9.17, 15) is 9.59 Å². The van der Waals surface area contributed by atoms with Crippen LogP contribution in [0.25, 0.3) is 22.4 Å². The van der Waals surface area contributed by atoms with Crippen LogP contribution in [-0.4, -0.2) is 44.4 Å². The van der Waals surface area contributed by atoms with Crippen LogP contribution in [0.3, 0.4) is 0 Å². The van der Waals surface area contributed by atoms with Gasteiger partial charge in [0, 0.05) is 5.56 Å². The molecule has 3 aromatic rings. The highest BCUT2D eigenvalue weighted by atomic mass is 16.5. The lowest BCUT2D eigenvalue weighted by molar-refractivity contribution is -0.355. The van der Waals surface area contributed by atoms with Crippen LogP contribution in [0.5, 0.6) is 11.5 Å². The Bertz CT molecular complexity index is 1030. The van der Waals surface area contributed by atoms with E-state index in [1.165, 1.54) is 0 Å². The number of nitrogens with zero attached hydrogens (tertiary/aromatic N) is 1. The molecule has 5 N–H and O–H groups in total. The molecule has 0 radical (unpaired) electrons. The summed E-state index contributed by atoms with van der Waals surface area (Å²) in [4.78, 5) is 23.7. The summed E-state index contributed by atoms with van der Waals surface area (Å²) in [5.74, 6) is 1.29. The van der Waals surface area contributed by atoms with Crippen LogP contribution >= 0.6 is 0 Å². The largest absolute Gasteiger partial charge is 0.497 e. The third kappa shape index (κ3) is 5.40. The van der Waals surface area contributed by atoms with Crippen LogP contribution in [0.15, 0.2) is 53.1 Å². The molecule has 1 heterocycles. The summed E-state index contributed by atoms with van der Waals surface area (Å²) in [6.07, 6.45) is -0.0369. The molecule has 0 saturated heterocycles. The molecule has 9 nitrogen and oxygen atoms in total. The van der Waals surface area contributed by atoms with Crippen molar-refractivity contribution in [2.24, 2.45) is 0 Å². The molecule has 0 saturated carbocycles. The summed E-state index contributed by atoms with van der Waals surface area (Å²) in [6.45, 7) is 0.120. The lowest BCUT2D eigenvalue weighted by Crippen LogP contribution is -2.58. The monoisotopic (exact) mass is 425 g/mol. The number of carbonyl (C=O) groups is 2. The zero-order chi connectivity index (χ0) is 22.2. The summed E-state index contributed by atoms with van der Waals surface area (Å²) in [6, 6.07) is 14.8. The molecule has 0 spiro atoms. The van der Waals surface area contributed by atoms with Gasteiger partial charge in [-0.05, 0) is 42.0 Å². The van der Waals surface area contributed by atoms with Gasteiger partial charge in [-0.1, -0.05) is 17.3 Å². The minimum Gasteiger partial charge on any atom is -0.497 e. The first kappa shape index (κ1) is 21.8. The van der Waals surface area contributed by atoms with E-state index in [0.717, 1.165) is 16.9 Å². The average molecular weight is 425 g/mol. The van der Waals surface area contributed by atoms with Crippen LogP contribution in [0.4, 0.5) is 0 Å². The molecule has 2 amide bonds. The first-order valence-corrected chi connectivity index (χ1v) is 9.65. The molecule has 2 aromatic carbocycles. The molecule has 162 valence electrons. The molecule has 9 heteroatoms. The summed E-state index contributed by atoms with van der Waals surface area (Å²) in [7, 11) is 3.20. The van der Waals surface area contributed by atoms with Gasteiger partial charge in [0.05, 0.1) is 32.9 Å². The average Bonchev–Trinajstić information content (AvgIpc) is 3.22. The van der Waals surface area contributed by atoms with E-state index < -0.39 is 0 Å². The van der Waals surface area contributed by atoms with Crippen molar-refractivity contribution in [1.29, 1.82) is 0 Å². The van der Waals surface area contributed by atoms with Gasteiger partial charge in [-0.15, -0.1) is 0 Å². The van der Waals surface area contributed by atoms with E-state index in [1.807, 2.05) is 48.5 Å². The van der Waals surface area contributed by atoms with E-state index in [1.54, 1.807) is 14.2 Å². The summed E-state index contributed by atoms with van der Waals surface area (Å²) >= 11 is 0. The molecule has 0 fully saturated rings. The zero-order valence-corrected chi connectivity index (χ0v) is 17.4. The maximum Gasteiger partial charge on any atom is 0.276 e. The lowest BCUT2D eigenvalue weighted by atomic mass is 9.98. The van der Waals surface area contributed by atoms with Crippen molar-refractivity contribution in [2.75, 3.05) is 27.4 Å². The van der Waals surface area contributed by atoms with Crippen molar-refractivity contribution in [3.8, 4) is 33.9 Å². The Morgan fingerprint density at radius 2 is 1.45 bits per heavy atom. The topological polar surface area (TPSA) is 130 Å². The Balaban J connectivity index is 1.90. The molecular formula is C22H25N4O5+. The Hall–Kier alpha value is -3.85. The summed E-state index contributed by atoms with van der Waals surface area (Å²) < 4.78 is 16.0. The van der Waals surface area contributed by atoms with Gasteiger partial charge in [0.15, 0.2) is 12.3 Å². The Labute approximate surface area is 179 Å². The number of hydrogen-bond donors (Lipinski definition) is 3. The predicted octanol–water partition coefficient (Wildman–Crippen LogP) is 1.00. The number of benzene rings is 2. The van der Waals surface area contributed by atoms with Crippen LogP contribution in [0, 0.1) is 0 Å². The first-order chi connectivity index (χ1) is 15.0. The van der Waals surface area contributed by atoms with Crippen molar-refractivity contribution >= 4 is 11.8 Å². The minimum atomic E-state index is -0.309. The van der Waals surface area contributed by atoms with Crippen LogP contribution < -0.4 is 25.8 Å². The number of aromatic nitrogens is 1. The molecule has 1 aromatic heterocycles. The number of methoxy groups -OCH3 is 2. The normalized spacial score (nSPS) is 10.4. The van der Waals surface area contributed by atoms with E-state index in [2.05, 4.69) is 21.5 Å². The second-order valence-electron chi connectivity index (χ2n) is 6.59. The van der Waals surface area contributed by atoms with E-state index in [-0.39, 0.29) is 31.4 Å². The standard InChI is InChI=1S/C22H24N4O5/c1-29-16-7-3-14(4-8-16)21-18(11-19(27)24-13-25-20(28)12-23)31-26-22(21)15-5-9-17(30-2)10-6-15/h3-10H,11-13,23H2,1-2H3,(H,24,27)(H,25,28)/p+1. The van der Waals surface area contributed by atoms with E-state index in [0.29, 0.717) is 22.8 Å².